The van der Waals surface area contributed by atoms with Crippen LogP contribution in [-0.4, -0.2) is 41.4 Å². The van der Waals surface area contributed by atoms with Crippen molar-refractivity contribution in [2.75, 3.05) is 20.7 Å². The first-order valence-corrected chi connectivity index (χ1v) is 5.84. The molecule has 0 unspecified atom stereocenters. The lowest BCUT2D eigenvalue weighted by Crippen LogP contribution is -2.27. The van der Waals surface area contributed by atoms with E-state index in [-0.39, 0.29) is 12.5 Å². The highest BCUT2D eigenvalue weighted by atomic mass is 35.5. The number of esters is 1. The number of nitrogens with zero attached hydrogens (tertiary/aromatic N) is 3. The standard InChI is InChI=1S/C11H18ClN3O2/c1-5-15-9(11(12)8(2)13-15)6-14(3)7-10(16)17-4/h5-7H2,1-4H3. The van der Waals surface area contributed by atoms with E-state index in [2.05, 4.69) is 9.84 Å². The molecule has 0 aliphatic heterocycles. The van der Waals surface area contributed by atoms with Crippen molar-refractivity contribution in [2.24, 2.45) is 0 Å². The molecule has 1 rings (SSSR count). The number of aromatic nitrogens is 2. The number of ether oxygens (including phenoxy) is 1. The van der Waals surface area contributed by atoms with Crippen molar-refractivity contribution in [1.29, 1.82) is 0 Å². The van der Waals surface area contributed by atoms with Gasteiger partial charge in [-0.1, -0.05) is 11.6 Å². The van der Waals surface area contributed by atoms with Crippen LogP contribution in [0.15, 0.2) is 0 Å². The zero-order valence-corrected chi connectivity index (χ0v) is 11.4. The third kappa shape index (κ3) is 3.44. The molecule has 1 aromatic rings. The lowest BCUT2D eigenvalue weighted by Gasteiger charge is -2.15. The van der Waals surface area contributed by atoms with E-state index in [1.54, 1.807) is 0 Å². The zero-order chi connectivity index (χ0) is 13.0. The van der Waals surface area contributed by atoms with E-state index in [1.165, 1.54) is 7.11 Å². The molecule has 0 N–H and O–H groups in total. The topological polar surface area (TPSA) is 47.4 Å². The van der Waals surface area contributed by atoms with Crippen LogP contribution in [0.3, 0.4) is 0 Å². The molecule has 17 heavy (non-hydrogen) atoms. The van der Waals surface area contributed by atoms with Gasteiger partial charge in [0.15, 0.2) is 0 Å². The third-order valence-electron chi connectivity index (χ3n) is 2.50. The van der Waals surface area contributed by atoms with Crippen LogP contribution < -0.4 is 0 Å². The summed E-state index contributed by atoms with van der Waals surface area (Å²) < 4.78 is 6.47. The van der Waals surface area contributed by atoms with Crippen LogP contribution >= 0.6 is 11.6 Å². The van der Waals surface area contributed by atoms with Crippen LogP contribution in [0.1, 0.15) is 18.3 Å². The number of rotatable bonds is 5. The fourth-order valence-corrected chi connectivity index (χ4v) is 1.81. The first-order chi connectivity index (χ1) is 7.99. The molecule has 0 saturated carbocycles. The van der Waals surface area contributed by atoms with E-state index in [4.69, 9.17) is 11.6 Å². The van der Waals surface area contributed by atoms with Crippen LogP contribution in [0, 0.1) is 6.92 Å². The van der Waals surface area contributed by atoms with Gasteiger partial charge in [0.2, 0.25) is 0 Å². The summed E-state index contributed by atoms with van der Waals surface area (Å²) in [4.78, 5) is 13.0. The molecule has 0 radical (unpaired) electrons. The van der Waals surface area contributed by atoms with Gasteiger partial charge in [0.25, 0.3) is 0 Å². The molecule has 5 nitrogen and oxygen atoms in total. The van der Waals surface area contributed by atoms with Gasteiger partial charge < -0.3 is 4.74 Å². The van der Waals surface area contributed by atoms with Crippen molar-refractivity contribution in [3.8, 4) is 0 Å². The molecule has 0 bridgehead atoms. The molecular weight excluding hydrogens is 242 g/mol. The molecule has 0 atom stereocenters. The summed E-state index contributed by atoms with van der Waals surface area (Å²) in [6.07, 6.45) is 0. The molecule has 0 aromatic carbocycles. The Kier molecular flexibility index (Phi) is 4.96. The Labute approximate surface area is 106 Å². The van der Waals surface area contributed by atoms with Crippen LogP contribution in [0.25, 0.3) is 0 Å². The fourth-order valence-electron chi connectivity index (χ4n) is 1.62. The first-order valence-electron chi connectivity index (χ1n) is 5.46. The van der Waals surface area contributed by atoms with E-state index < -0.39 is 0 Å². The normalized spacial score (nSPS) is 10.9. The van der Waals surface area contributed by atoms with E-state index in [0.717, 1.165) is 17.9 Å². The Balaban J connectivity index is 2.76. The number of likely N-dealkylation sites (N-methyl/N-ethyl adjacent to an activating group) is 1. The van der Waals surface area contributed by atoms with Crippen molar-refractivity contribution in [3.63, 3.8) is 0 Å². The van der Waals surface area contributed by atoms with Gasteiger partial charge in [0, 0.05) is 13.1 Å². The second-order valence-corrected chi connectivity index (χ2v) is 4.29. The van der Waals surface area contributed by atoms with E-state index in [0.29, 0.717) is 11.6 Å². The number of halogens is 1. The summed E-state index contributed by atoms with van der Waals surface area (Å²) in [5.74, 6) is -0.261. The van der Waals surface area contributed by atoms with E-state index >= 15 is 0 Å². The minimum absolute atomic E-state index is 0.237. The molecule has 0 aliphatic carbocycles. The molecule has 0 spiro atoms. The number of carbonyl (C=O) groups is 1. The minimum atomic E-state index is -0.261. The smallest absolute Gasteiger partial charge is 0.319 e. The summed E-state index contributed by atoms with van der Waals surface area (Å²) in [6.45, 7) is 5.45. The van der Waals surface area contributed by atoms with Crippen molar-refractivity contribution < 1.29 is 9.53 Å². The fraction of sp³-hybridized carbons (Fsp3) is 0.636. The lowest BCUT2D eigenvalue weighted by atomic mass is 10.3. The average Bonchev–Trinajstić information content (AvgIpc) is 2.56. The molecule has 0 fully saturated rings. The minimum Gasteiger partial charge on any atom is -0.468 e. The Morgan fingerprint density at radius 1 is 1.59 bits per heavy atom. The Morgan fingerprint density at radius 2 is 2.24 bits per heavy atom. The van der Waals surface area contributed by atoms with E-state index in [1.807, 2.05) is 30.5 Å². The molecule has 1 aromatic heterocycles. The lowest BCUT2D eigenvalue weighted by molar-refractivity contribution is -0.141. The Morgan fingerprint density at radius 3 is 2.76 bits per heavy atom. The SMILES string of the molecule is CCn1nc(C)c(Cl)c1CN(C)CC(=O)OC. The highest BCUT2D eigenvalue weighted by Gasteiger charge is 2.15. The van der Waals surface area contributed by atoms with Gasteiger partial charge in [0.1, 0.15) is 0 Å². The van der Waals surface area contributed by atoms with Crippen LogP contribution in [0.5, 0.6) is 0 Å². The molecule has 0 saturated heterocycles. The van der Waals surface area contributed by atoms with Gasteiger partial charge in [0.05, 0.1) is 30.1 Å². The predicted molar refractivity (Wildman–Crippen MR) is 66.0 cm³/mol. The van der Waals surface area contributed by atoms with Crippen LogP contribution in [0.4, 0.5) is 0 Å². The highest BCUT2D eigenvalue weighted by molar-refractivity contribution is 6.31. The summed E-state index contributed by atoms with van der Waals surface area (Å²) >= 11 is 6.18. The van der Waals surface area contributed by atoms with Crippen LogP contribution in [-0.2, 0) is 22.6 Å². The summed E-state index contributed by atoms with van der Waals surface area (Å²) in [7, 11) is 3.22. The quantitative estimate of drug-likeness (QED) is 0.752. The first kappa shape index (κ1) is 14.0. The summed E-state index contributed by atoms with van der Waals surface area (Å²) in [5.41, 5.74) is 1.74. The van der Waals surface area contributed by atoms with Crippen molar-refractivity contribution in [1.82, 2.24) is 14.7 Å². The number of methoxy groups -OCH3 is 1. The number of hydrogen-bond acceptors (Lipinski definition) is 4. The van der Waals surface area contributed by atoms with Gasteiger partial charge in [-0.25, -0.2) is 0 Å². The zero-order valence-electron chi connectivity index (χ0n) is 10.7. The van der Waals surface area contributed by atoms with Gasteiger partial charge in [-0.2, -0.15) is 5.10 Å². The second-order valence-electron chi connectivity index (χ2n) is 3.91. The van der Waals surface area contributed by atoms with Gasteiger partial charge in [-0.3, -0.25) is 14.4 Å². The van der Waals surface area contributed by atoms with Gasteiger partial charge >= 0.3 is 5.97 Å². The third-order valence-corrected chi connectivity index (χ3v) is 2.99. The average molecular weight is 260 g/mol. The largest absolute Gasteiger partial charge is 0.468 e. The molecule has 1 heterocycles. The number of hydrogen-bond donors (Lipinski definition) is 0. The maximum absolute atomic E-state index is 11.1. The summed E-state index contributed by atoms with van der Waals surface area (Å²) in [5, 5.41) is 4.99. The maximum atomic E-state index is 11.1. The Hall–Kier alpha value is -1.07. The second kappa shape index (κ2) is 6.02. The molecule has 0 aliphatic rings. The number of carbonyl (C=O) groups excluding carboxylic acids is 1. The predicted octanol–water partition coefficient (Wildman–Crippen LogP) is 1.47. The van der Waals surface area contributed by atoms with Crippen LogP contribution in [0.2, 0.25) is 5.02 Å². The highest BCUT2D eigenvalue weighted by Crippen LogP contribution is 2.21. The molecular formula is C11H18ClN3O2. The van der Waals surface area contributed by atoms with Crippen molar-refractivity contribution in [3.05, 3.63) is 16.4 Å². The molecule has 6 heteroatoms. The molecule has 0 amide bonds. The van der Waals surface area contributed by atoms with Crippen molar-refractivity contribution in [2.45, 2.75) is 26.9 Å². The van der Waals surface area contributed by atoms with E-state index in [9.17, 15) is 4.79 Å². The molecule has 96 valence electrons. The number of aryl methyl sites for hydroxylation is 2. The maximum Gasteiger partial charge on any atom is 0.319 e. The van der Waals surface area contributed by atoms with Gasteiger partial charge in [-0.15, -0.1) is 0 Å². The monoisotopic (exact) mass is 259 g/mol. The van der Waals surface area contributed by atoms with Crippen molar-refractivity contribution >= 4 is 17.6 Å². The summed E-state index contributed by atoms with van der Waals surface area (Å²) in [6, 6.07) is 0. The van der Waals surface area contributed by atoms with Gasteiger partial charge in [-0.05, 0) is 20.9 Å². The Bertz CT molecular complexity index is 404.